The van der Waals surface area contributed by atoms with E-state index in [1.165, 1.54) is 6.20 Å². The topological polar surface area (TPSA) is 77.5 Å². The fourth-order valence-corrected chi connectivity index (χ4v) is 3.39. The van der Waals surface area contributed by atoms with Crippen molar-refractivity contribution in [3.63, 3.8) is 0 Å². The van der Waals surface area contributed by atoms with Gasteiger partial charge in [-0.05, 0) is 33.3 Å². The van der Waals surface area contributed by atoms with Gasteiger partial charge in [-0.2, -0.15) is 0 Å². The van der Waals surface area contributed by atoms with Gasteiger partial charge in [-0.15, -0.1) is 0 Å². The lowest BCUT2D eigenvalue weighted by Crippen LogP contribution is -2.69. The van der Waals surface area contributed by atoms with E-state index in [0.717, 1.165) is 0 Å². The largest absolute Gasteiger partial charge is 0.459 e. The molecule has 1 N–H and O–H groups in total. The molecule has 3 rings (SSSR count). The summed E-state index contributed by atoms with van der Waals surface area (Å²) in [5.41, 5.74) is -1.70. The number of amides is 1. The maximum absolute atomic E-state index is 13.0. The number of rotatable bonds is 2. The number of esters is 1. The Labute approximate surface area is 145 Å². The average molecular weight is 353 g/mol. The van der Waals surface area contributed by atoms with Gasteiger partial charge in [0.25, 0.3) is 0 Å². The molecule has 1 aromatic rings. The maximum atomic E-state index is 13.0. The van der Waals surface area contributed by atoms with Crippen molar-refractivity contribution < 1.29 is 19.1 Å². The van der Waals surface area contributed by atoms with Crippen LogP contribution in [-0.4, -0.2) is 35.7 Å². The van der Waals surface area contributed by atoms with Crippen molar-refractivity contribution in [3.8, 4) is 0 Å². The molecule has 1 amide bonds. The molecule has 1 saturated heterocycles. The Balaban J connectivity index is 2.19. The molecule has 1 aromatic heterocycles. The van der Waals surface area contributed by atoms with Crippen LogP contribution in [0.2, 0.25) is 5.02 Å². The van der Waals surface area contributed by atoms with E-state index in [-0.39, 0.29) is 12.3 Å². The second kappa shape index (κ2) is 5.43. The van der Waals surface area contributed by atoms with Crippen molar-refractivity contribution in [2.24, 2.45) is 0 Å². The number of carbonyl (C=O) groups excluding carboxylic acids is 2. The Bertz CT molecular complexity index is 709. The summed E-state index contributed by atoms with van der Waals surface area (Å²) in [7, 11) is 0. The lowest BCUT2D eigenvalue weighted by molar-refractivity contribution is -0.170. The van der Waals surface area contributed by atoms with Gasteiger partial charge in [0.2, 0.25) is 5.91 Å². The van der Waals surface area contributed by atoms with E-state index in [1.54, 1.807) is 33.8 Å². The molecule has 0 saturated carbocycles. The molecule has 0 bridgehead atoms. The van der Waals surface area contributed by atoms with E-state index in [2.05, 4.69) is 10.3 Å². The molecule has 2 aliphatic heterocycles. The number of halogens is 1. The van der Waals surface area contributed by atoms with Gasteiger partial charge in [0, 0.05) is 11.8 Å². The SMILES string of the molecule is CCC1(C(=O)OC(C)(C)C)C(=O)NC2(COC2)c2ncc(Cl)cc21. The first-order valence-electron chi connectivity index (χ1n) is 7.95. The van der Waals surface area contributed by atoms with Crippen LogP contribution in [0.5, 0.6) is 0 Å². The Morgan fingerprint density at radius 2 is 2.12 bits per heavy atom. The van der Waals surface area contributed by atoms with Crippen molar-refractivity contribution in [3.05, 3.63) is 28.5 Å². The molecule has 1 unspecified atom stereocenters. The zero-order valence-electron chi connectivity index (χ0n) is 14.2. The fraction of sp³-hybridized carbons (Fsp3) is 0.588. The smallest absolute Gasteiger partial charge is 0.326 e. The van der Waals surface area contributed by atoms with E-state index < -0.39 is 22.5 Å². The molecule has 24 heavy (non-hydrogen) atoms. The third kappa shape index (κ3) is 2.40. The van der Waals surface area contributed by atoms with Crippen LogP contribution in [0.15, 0.2) is 12.3 Å². The Morgan fingerprint density at radius 3 is 2.62 bits per heavy atom. The molecule has 130 valence electrons. The van der Waals surface area contributed by atoms with Crippen LogP contribution in [0.4, 0.5) is 0 Å². The summed E-state index contributed by atoms with van der Waals surface area (Å²) in [6.07, 6.45) is 1.77. The van der Waals surface area contributed by atoms with Crippen LogP contribution < -0.4 is 5.32 Å². The minimum Gasteiger partial charge on any atom is -0.459 e. The molecule has 0 aliphatic carbocycles. The molecular weight excluding hydrogens is 332 g/mol. The van der Waals surface area contributed by atoms with Crippen LogP contribution >= 0.6 is 11.6 Å². The van der Waals surface area contributed by atoms with Crippen LogP contribution in [0.1, 0.15) is 45.4 Å². The van der Waals surface area contributed by atoms with Gasteiger partial charge < -0.3 is 14.8 Å². The summed E-state index contributed by atoms with van der Waals surface area (Å²) in [6.45, 7) is 7.75. The summed E-state index contributed by atoms with van der Waals surface area (Å²) in [5, 5.41) is 3.32. The normalized spacial score (nSPS) is 24.8. The van der Waals surface area contributed by atoms with E-state index >= 15 is 0 Å². The first-order chi connectivity index (χ1) is 11.1. The lowest BCUT2D eigenvalue weighted by atomic mass is 9.68. The highest BCUT2D eigenvalue weighted by Gasteiger charge is 2.60. The Kier molecular flexibility index (Phi) is 3.88. The number of ether oxygens (including phenoxy) is 2. The highest BCUT2D eigenvalue weighted by molar-refractivity contribution is 6.30. The summed E-state index contributed by atoms with van der Waals surface area (Å²) >= 11 is 6.12. The number of hydrogen-bond donors (Lipinski definition) is 1. The molecule has 1 spiro atoms. The minimum absolute atomic E-state index is 0.250. The van der Waals surface area contributed by atoms with Gasteiger partial charge in [0.1, 0.15) is 11.1 Å². The second-order valence-corrected chi connectivity index (χ2v) is 7.78. The van der Waals surface area contributed by atoms with Gasteiger partial charge in [-0.3, -0.25) is 14.6 Å². The zero-order chi connectivity index (χ0) is 17.8. The van der Waals surface area contributed by atoms with Gasteiger partial charge in [0.05, 0.1) is 23.9 Å². The number of fused-ring (bicyclic) bond motifs is 2. The van der Waals surface area contributed by atoms with Gasteiger partial charge in [-0.25, -0.2) is 0 Å². The fourth-order valence-electron chi connectivity index (χ4n) is 3.23. The van der Waals surface area contributed by atoms with Crippen molar-refractivity contribution in [1.82, 2.24) is 10.3 Å². The monoisotopic (exact) mass is 352 g/mol. The first-order valence-corrected chi connectivity index (χ1v) is 8.33. The maximum Gasteiger partial charge on any atom is 0.326 e. The van der Waals surface area contributed by atoms with Crippen molar-refractivity contribution in [1.29, 1.82) is 0 Å². The van der Waals surface area contributed by atoms with E-state index in [1.807, 2.05) is 0 Å². The van der Waals surface area contributed by atoms with Gasteiger partial charge in [-0.1, -0.05) is 18.5 Å². The standard InChI is InChI=1S/C17H21ClN2O4/c1-5-17(14(22)24-15(2,3)4)11-6-10(18)7-19-12(11)16(8-23-9-16)20-13(17)21/h6-7H,5,8-9H2,1-4H3,(H,20,21). The summed E-state index contributed by atoms with van der Waals surface area (Å²) in [5.74, 6) is -0.977. The van der Waals surface area contributed by atoms with Crippen molar-refractivity contribution in [2.45, 2.75) is 50.7 Å². The Morgan fingerprint density at radius 1 is 1.46 bits per heavy atom. The summed E-state index contributed by atoms with van der Waals surface area (Å²) < 4.78 is 10.8. The molecule has 2 aliphatic rings. The minimum atomic E-state index is -1.46. The number of pyridine rings is 1. The van der Waals surface area contributed by atoms with Crippen LogP contribution in [0.25, 0.3) is 0 Å². The molecular formula is C17H21ClN2O4. The van der Waals surface area contributed by atoms with E-state index in [0.29, 0.717) is 29.5 Å². The molecule has 0 radical (unpaired) electrons. The molecule has 1 fully saturated rings. The van der Waals surface area contributed by atoms with Crippen LogP contribution in [0.3, 0.4) is 0 Å². The summed E-state index contributed by atoms with van der Waals surface area (Å²) in [4.78, 5) is 30.4. The summed E-state index contributed by atoms with van der Waals surface area (Å²) in [6, 6.07) is 1.65. The molecule has 7 heteroatoms. The molecule has 3 heterocycles. The molecule has 6 nitrogen and oxygen atoms in total. The first kappa shape index (κ1) is 17.2. The quantitative estimate of drug-likeness (QED) is 0.651. The number of hydrogen-bond acceptors (Lipinski definition) is 5. The number of nitrogens with one attached hydrogen (secondary N) is 1. The van der Waals surface area contributed by atoms with Crippen LogP contribution in [0, 0.1) is 0 Å². The highest BCUT2D eigenvalue weighted by atomic mass is 35.5. The third-order valence-electron chi connectivity index (χ3n) is 4.48. The molecule has 0 aromatic carbocycles. The van der Waals surface area contributed by atoms with Gasteiger partial charge in [0.15, 0.2) is 5.41 Å². The Hall–Kier alpha value is -1.66. The number of carbonyl (C=O) groups is 2. The van der Waals surface area contributed by atoms with Gasteiger partial charge >= 0.3 is 5.97 Å². The van der Waals surface area contributed by atoms with Crippen LogP contribution in [-0.2, 0) is 30.0 Å². The number of nitrogens with zero attached hydrogens (tertiary/aromatic N) is 1. The third-order valence-corrected chi connectivity index (χ3v) is 4.69. The average Bonchev–Trinajstić information content (AvgIpc) is 2.43. The lowest BCUT2D eigenvalue weighted by Gasteiger charge is -2.49. The zero-order valence-corrected chi connectivity index (χ0v) is 15.0. The van der Waals surface area contributed by atoms with Crippen molar-refractivity contribution >= 4 is 23.5 Å². The highest BCUT2D eigenvalue weighted by Crippen LogP contribution is 2.44. The predicted molar refractivity (Wildman–Crippen MR) is 87.7 cm³/mol. The van der Waals surface area contributed by atoms with E-state index in [4.69, 9.17) is 21.1 Å². The second-order valence-electron chi connectivity index (χ2n) is 7.34. The molecule has 1 atom stereocenters. The van der Waals surface area contributed by atoms with Crippen molar-refractivity contribution in [2.75, 3.05) is 13.2 Å². The number of aromatic nitrogens is 1. The predicted octanol–water partition coefficient (Wildman–Crippen LogP) is 2.08. The van der Waals surface area contributed by atoms with E-state index in [9.17, 15) is 9.59 Å².